The molecule has 2 rings (SSSR count). The molecular formula is C10H10FN3O2S. The third-order valence-corrected chi connectivity index (χ3v) is 3.52. The van der Waals surface area contributed by atoms with E-state index in [4.69, 9.17) is 0 Å². The normalized spacial score (nSPS) is 11.4. The average molecular weight is 255 g/mol. The molecule has 0 atom stereocenters. The van der Waals surface area contributed by atoms with E-state index in [-0.39, 0.29) is 10.6 Å². The van der Waals surface area contributed by atoms with Gasteiger partial charge >= 0.3 is 0 Å². The molecule has 0 fully saturated rings. The van der Waals surface area contributed by atoms with E-state index in [1.165, 1.54) is 24.5 Å². The van der Waals surface area contributed by atoms with Crippen LogP contribution in [0.25, 0.3) is 0 Å². The van der Waals surface area contributed by atoms with E-state index in [0.717, 1.165) is 6.07 Å². The molecular weight excluding hydrogens is 245 g/mol. The Morgan fingerprint density at radius 3 is 2.82 bits per heavy atom. The van der Waals surface area contributed by atoms with Crippen LogP contribution >= 0.6 is 0 Å². The van der Waals surface area contributed by atoms with Gasteiger partial charge in [0.2, 0.25) is 0 Å². The van der Waals surface area contributed by atoms with Crippen molar-refractivity contribution in [2.24, 2.45) is 0 Å². The van der Waals surface area contributed by atoms with Gasteiger partial charge < -0.3 is 0 Å². The predicted octanol–water partition coefficient (Wildman–Crippen LogP) is 1.66. The third-order valence-electron chi connectivity index (χ3n) is 2.13. The summed E-state index contributed by atoms with van der Waals surface area (Å²) in [7, 11) is -3.92. The number of hydrogen-bond donors (Lipinski definition) is 2. The highest BCUT2D eigenvalue weighted by molar-refractivity contribution is 7.92. The Kier molecular flexibility index (Phi) is 2.84. The van der Waals surface area contributed by atoms with E-state index in [1.807, 2.05) is 0 Å². The lowest BCUT2D eigenvalue weighted by atomic mass is 10.2. The second-order valence-corrected chi connectivity index (χ2v) is 5.18. The molecule has 1 aromatic heterocycles. The van der Waals surface area contributed by atoms with Gasteiger partial charge in [-0.15, -0.1) is 0 Å². The smallest absolute Gasteiger partial charge is 0.264 e. The molecule has 0 spiro atoms. The maximum Gasteiger partial charge on any atom is 0.264 e. The zero-order valence-electron chi connectivity index (χ0n) is 8.94. The lowest BCUT2D eigenvalue weighted by Gasteiger charge is -2.07. The van der Waals surface area contributed by atoms with Gasteiger partial charge in [0.1, 0.15) is 10.7 Å². The standard InChI is InChI=1S/C10H10FN3O2S/c1-7-2-3-9(11)10(4-7)17(15,16)14-8-5-12-13-6-8/h2-6,14H,1H3,(H,12,13). The number of aromatic nitrogens is 2. The molecule has 0 saturated carbocycles. The molecule has 0 radical (unpaired) electrons. The molecule has 1 heterocycles. The summed E-state index contributed by atoms with van der Waals surface area (Å²) in [5.74, 6) is -0.786. The number of aromatic amines is 1. The van der Waals surface area contributed by atoms with Gasteiger partial charge in [0.25, 0.3) is 10.0 Å². The van der Waals surface area contributed by atoms with Gasteiger partial charge in [-0.3, -0.25) is 9.82 Å². The molecule has 7 heteroatoms. The van der Waals surface area contributed by atoms with Crippen molar-refractivity contribution in [1.29, 1.82) is 0 Å². The molecule has 0 aliphatic carbocycles. The zero-order chi connectivity index (χ0) is 12.5. The molecule has 0 saturated heterocycles. The zero-order valence-corrected chi connectivity index (χ0v) is 9.75. The first-order valence-electron chi connectivity index (χ1n) is 4.77. The summed E-state index contributed by atoms with van der Waals surface area (Å²) in [5.41, 5.74) is 0.921. The molecule has 2 N–H and O–H groups in total. The van der Waals surface area contributed by atoms with Crippen molar-refractivity contribution in [2.75, 3.05) is 4.72 Å². The fraction of sp³-hybridized carbons (Fsp3) is 0.100. The molecule has 17 heavy (non-hydrogen) atoms. The van der Waals surface area contributed by atoms with E-state index in [0.29, 0.717) is 5.56 Å². The lowest BCUT2D eigenvalue weighted by Crippen LogP contribution is -2.14. The van der Waals surface area contributed by atoms with E-state index < -0.39 is 15.8 Å². The molecule has 0 aliphatic heterocycles. The number of rotatable bonds is 3. The second-order valence-electron chi connectivity index (χ2n) is 3.53. The minimum absolute atomic E-state index is 0.255. The number of anilines is 1. The molecule has 0 bridgehead atoms. The third kappa shape index (κ3) is 2.44. The molecule has 90 valence electrons. The monoisotopic (exact) mass is 255 g/mol. The second kappa shape index (κ2) is 4.17. The minimum Gasteiger partial charge on any atom is -0.284 e. The highest BCUT2D eigenvalue weighted by Crippen LogP contribution is 2.19. The largest absolute Gasteiger partial charge is 0.284 e. The van der Waals surface area contributed by atoms with Crippen LogP contribution in [0.3, 0.4) is 0 Å². The summed E-state index contributed by atoms with van der Waals surface area (Å²) in [5, 5.41) is 6.05. The van der Waals surface area contributed by atoms with E-state index in [2.05, 4.69) is 14.9 Å². The van der Waals surface area contributed by atoms with Crippen molar-refractivity contribution in [1.82, 2.24) is 10.2 Å². The van der Waals surface area contributed by atoms with Crippen molar-refractivity contribution in [3.8, 4) is 0 Å². The predicted molar refractivity (Wildman–Crippen MR) is 60.5 cm³/mol. The number of sulfonamides is 1. The summed E-state index contributed by atoms with van der Waals surface area (Å²) in [4.78, 5) is -0.376. The Balaban J connectivity index is 2.41. The summed E-state index contributed by atoms with van der Waals surface area (Å²) < 4.78 is 39.4. The Morgan fingerprint density at radius 2 is 2.18 bits per heavy atom. The first-order valence-corrected chi connectivity index (χ1v) is 6.25. The molecule has 0 amide bonds. The average Bonchev–Trinajstić information content (AvgIpc) is 2.73. The van der Waals surface area contributed by atoms with Crippen LogP contribution in [0.2, 0.25) is 0 Å². The molecule has 0 aliphatic rings. The molecule has 5 nitrogen and oxygen atoms in total. The van der Waals surface area contributed by atoms with Gasteiger partial charge in [0, 0.05) is 6.20 Å². The Bertz CT molecular complexity index is 623. The molecule has 0 unspecified atom stereocenters. The molecule has 2 aromatic rings. The first-order chi connectivity index (χ1) is 7.99. The quantitative estimate of drug-likeness (QED) is 0.875. The van der Waals surface area contributed by atoms with Crippen LogP contribution in [0.5, 0.6) is 0 Å². The van der Waals surface area contributed by atoms with E-state index in [9.17, 15) is 12.8 Å². The number of hydrogen-bond acceptors (Lipinski definition) is 3. The summed E-state index contributed by atoms with van der Waals surface area (Å²) in [6.45, 7) is 1.69. The van der Waals surface area contributed by atoms with Gasteiger partial charge in [-0.05, 0) is 24.6 Å². The van der Waals surface area contributed by atoms with Crippen LogP contribution in [-0.4, -0.2) is 18.6 Å². The maximum absolute atomic E-state index is 13.5. The topological polar surface area (TPSA) is 74.8 Å². The van der Waals surface area contributed by atoms with Crippen LogP contribution in [0.4, 0.5) is 10.1 Å². The fourth-order valence-corrected chi connectivity index (χ4v) is 2.53. The first kappa shape index (κ1) is 11.6. The SMILES string of the molecule is Cc1ccc(F)c(S(=O)(=O)Nc2cn[nH]c2)c1. The van der Waals surface area contributed by atoms with Crippen molar-refractivity contribution < 1.29 is 12.8 Å². The lowest BCUT2D eigenvalue weighted by molar-refractivity contribution is 0.570. The number of benzene rings is 1. The van der Waals surface area contributed by atoms with Gasteiger partial charge in [-0.1, -0.05) is 6.07 Å². The van der Waals surface area contributed by atoms with Crippen molar-refractivity contribution in [2.45, 2.75) is 11.8 Å². The van der Waals surface area contributed by atoms with Crippen LogP contribution in [0, 0.1) is 12.7 Å². The number of H-pyrrole nitrogens is 1. The van der Waals surface area contributed by atoms with Crippen molar-refractivity contribution in [3.05, 3.63) is 42.0 Å². The van der Waals surface area contributed by atoms with E-state index in [1.54, 1.807) is 6.92 Å². The highest BCUT2D eigenvalue weighted by Gasteiger charge is 2.19. The fourth-order valence-electron chi connectivity index (χ4n) is 1.33. The van der Waals surface area contributed by atoms with Gasteiger partial charge in [0.15, 0.2) is 0 Å². The van der Waals surface area contributed by atoms with Crippen molar-refractivity contribution >= 4 is 15.7 Å². The number of aryl methyl sites for hydroxylation is 1. The summed E-state index contributed by atoms with van der Waals surface area (Å²) in [6, 6.07) is 3.91. The highest BCUT2D eigenvalue weighted by atomic mass is 32.2. The number of halogens is 1. The summed E-state index contributed by atoms with van der Waals surface area (Å²) in [6.07, 6.45) is 2.66. The van der Waals surface area contributed by atoms with Gasteiger partial charge in [-0.25, -0.2) is 12.8 Å². The Morgan fingerprint density at radius 1 is 1.41 bits per heavy atom. The minimum atomic E-state index is -3.92. The van der Waals surface area contributed by atoms with Crippen LogP contribution in [-0.2, 0) is 10.0 Å². The van der Waals surface area contributed by atoms with Crippen LogP contribution in [0.15, 0.2) is 35.5 Å². The Labute approximate surface area is 97.7 Å². The molecule has 1 aromatic carbocycles. The maximum atomic E-state index is 13.5. The summed E-state index contributed by atoms with van der Waals surface area (Å²) >= 11 is 0. The van der Waals surface area contributed by atoms with Crippen LogP contribution < -0.4 is 4.72 Å². The number of nitrogens with one attached hydrogen (secondary N) is 2. The van der Waals surface area contributed by atoms with Gasteiger partial charge in [0.05, 0.1) is 11.9 Å². The number of nitrogens with zero attached hydrogens (tertiary/aromatic N) is 1. The van der Waals surface area contributed by atoms with Gasteiger partial charge in [-0.2, -0.15) is 5.10 Å². The van der Waals surface area contributed by atoms with Crippen molar-refractivity contribution in [3.63, 3.8) is 0 Å². The van der Waals surface area contributed by atoms with E-state index >= 15 is 0 Å². The Hall–Kier alpha value is -1.89. The van der Waals surface area contributed by atoms with Crippen LogP contribution in [0.1, 0.15) is 5.56 Å².